The van der Waals surface area contributed by atoms with Crippen molar-refractivity contribution in [2.45, 2.75) is 6.92 Å². The first-order chi connectivity index (χ1) is 8.49. The number of carbonyl (C=O) groups excluding carboxylic acids is 1. The quantitative estimate of drug-likeness (QED) is 0.831. The van der Waals surface area contributed by atoms with Crippen molar-refractivity contribution in [1.29, 1.82) is 0 Å². The molecule has 0 aromatic heterocycles. The van der Waals surface area contributed by atoms with E-state index >= 15 is 0 Å². The van der Waals surface area contributed by atoms with E-state index in [0.29, 0.717) is 11.1 Å². The molecule has 1 N–H and O–H groups in total. The third-order valence-electron chi connectivity index (χ3n) is 2.63. The average molecular weight is 265 g/mol. The summed E-state index contributed by atoms with van der Waals surface area (Å²) in [4.78, 5) is 11.3. The molecule has 18 heavy (non-hydrogen) atoms. The topological polar surface area (TPSA) is 37.3 Å². The molecule has 0 unspecified atom stereocenters. The van der Waals surface area contributed by atoms with Gasteiger partial charge in [0.15, 0.2) is 5.78 Å². The SMILES string of the molecule is CC(=O)c1cc(-c2ccc(Cl)c(F)c2)ccc1O. The summed E-state index contributed by atoms with van der Waals surface area (Å²) in [7, 11) is 0. The first-order valence-electron chi connectivity index (χ1n) is 5.28. The smallest absolute Gasteiger partial charge is 0.163 e. The van der Waals surface area contributed by atoms with Gasteiger partial charge in [0, 0.05) is 0 Å². The Morgan fingerprint density at radius 2 is 1.78 bits per heavy atom. The van der Waals surface area contributed by atoms with Gasteiger partial charge in [0.05, 0.1) is 10.6 Å². The van der Waals surface area contributed by atoms with E-state index in [0.717, 1.165) is 0 Å². The minimum atomic E-state index is -0.522. The molecule has 2 rings (SSSR count). The van der Waals surface area contributed by atoms with Crippen molar-refractivity contribution in [3.8, 4) is 16.9 Å². The molecule has 92 valence electrons. The van der Waals surface area contributed by atoms with Crippen molar-refractivity contribution >= 4 is 17.4 Å². The summed E-state index contributed by atoms with van der Waals surface area (Å²) >= 11 is 5.61. The van der Waals surface area contributed by atoms with E-state index in [2.05, 4.69) is 0 Å². The molecule has 4 heteroatoms. The molecule has 2 aromatic carbocycles. The number of rotatable bonds is 2. The summed E-state index contributed by atoms with van der Waals surface area (Å²) in [5.41, 5.74) is 1.45. The maximum absolute atomic E-state index is 13.4. The van der Waals surface area contributed by atoms with Gasteiger partial charge in [0.1, 0.15) is 11.6 Å². The molecule has 0 atom stereocenters. The normalized spacial score (nSPS) is 10.4. The fourth-order valence-electron chi connectivity index (χ4n) is 1.67. The molecule has 0 aliphatic heterocycles. The number of phenols is 1. The second-order valence-corrected chi connectivity index (χ2v) is 4.32. The molecule has 0 fully saturated rings. The predicted molar refractivity (Wildman–Crippen MR) is 68.5 cm³/mol. The monoisotopic (exact) mass is 264 g/mol. The summed E-state index contributed by atoms with van der Waals surface area (Å²) < 4.78 is 13.4. The van der Waals surface area contributed by atoms with E-state index in [9.17, 15) is 14.3 Å². The Kier molecular flexibility index (Phi) is 3.34. The van der Waals surface area contributed by atoms with Gasteiger partial charge in [-0.05, 0) is 42.3 Å². The van der Waals surface area contributed by atoms with Gasteiger partial charge in [-0.2, -0.15) is 0 Å². The van der Waals surface area contributed by atoms with Gasteiger partial charge in [-0.25, -0.2) is 4.39 Å². The first-order valence-corrected chi connectivity index (χ1v) is 5.66. The highest BCUT2D eigenvalue weighted by Gasteiger charge is 2.09. The zero-order valence-electron chi connectivity index (χ0n) is 9.58. The Hall–Kier alpha value is -1.87. The maximum Gasteiger partial charge on any atom is 0.163 e. The van der Waals surface area contributed by atoms with Gasteiger partial charge in [-0.3, -0.25) is 4.79 Å². The van der Waals surface area contributed by atoms with E-state index in [1.807, 2.05) is 0 Å². The van der Waals surface area contributed by atoms with Crippen LogP contribution in [0.5, 0.6) is 5.75 Å². The molecule has 0 saturated heterocycles. The van der Waals surface area contributed by atoms with Gasteiger partial charge in [-0.15, -0.1) is 0 Å². The number of ketones is 1. The minimum Gasteiger partial charge on any atom is -0.507 e. The van der Waals surface area contributed by atoms with Crippen molar-refractivity contribution in [3.05, 3.63) is 52.8 Å². The number of aromatic hydroxyl groups is 1. The van der Waals surface area contributed by atoms with E-state index in [1.165, 1.54) is 31.2 Å². The summed E-state index contributed by atoms with van der Waals surface area (Å²) in [6.07, 6.45) is 0. The highest BCUT2D eigenvalue weighted by atomic mass is 35.5. The molecular formula is C14H10ClFO2. The zero-order chi connectivity index (χ0) is 13.3. The van der Waals surface area contributed by atoms with E-state index in [4.69, 9.17) is 11.6 Å². The van der Waals surface area contributed by atoms with Crippen LogP contribution in [0, 0.1) is 5.82 Å². The van der Waals surface area contributed by atoms with E-state index < -0.39 is 5.82 Å². The molecule has 0 heterocycles. The number of halogens is 2. The molecule has 0 spiro atoms. The highest BCUT2D eigenvalue weighted by molar-refractivity contribution is 6.30. The van der Waals surface area contributed by atoms with Crippen LogP contribution in [0.25, 0.3) is 11.1 Å². The molecule has 2 aromatic rings. The van der Waals surface area contributed by atoms with Gasteiger partial charge in [0.2, 0.25) is 0 Å². The highest BCUT2D eigenvalue weighted by Crippen LogP contribution is 2.28. The Morgan fingerprint density at radius 1 is 1.17 bits per heavy atom. The standard InChI is InChI=1S/C14H10ClFO2/c1-8(17)11-6-9(3-5-14(11)18)10-2-4-12(15)13(16)7-10/h2-7,18H,1H3. The lowest BCUT2D eigenvalue weighted by Crippen LogP contribution is -1.93. The molecule has 0 aliphatic carbocycles. The van der Waals surface area contributed by atoms with Gasteiger partial charge >= 0.3 is 0 Å². The van der Waals surface area contributed by atoms with Crippen LogP contribution in [0.1, 0.15) is 17.3 Å². The van der Waals surface area contributed by atoms with E-state index in [-0.39, 0.29) is 22.1 Å². The second-order valence-electron chi connectivity index (χ2n) is 3.92. The van der Waals surface area contributed by atoms with Crippen LogP contribution >= 0.6 is 11.6 Å². The number of Topliss-reactive ketones (excluding diaryl/α,β-unsaturated/α-hetero) is 1. The Balaban J connectivity index is 2.54. The largest absolute Gasteiger partial charge is 0.507 e. The van der Waals surface area contributed by atoms with Crippen molar-refractivity contribution in [2.75, 3.05) is 0 Å². The van der Waals surface area contributed by atoms with Gasteiger partial charge in [0.25, 0.3) is 0 Å². The van der Waals surface area contributed by atoms with Crippen molar-refractivity contribution in [2.24, 2.45) is 0 Å². The van der Waals surface area contributed by atoms with Gasteiger partial charge < -0.3 is 5.11 Å². The Morgan fingerprint density at radius 3 is 2.39 bits per heavy atom. The Labute approximate surface area is 109 Å². The lowest BCUT2D eigenvalue weighted by molar-refractivity contribution is 0.101. The van der Waals surface area contributed by atoms with Crippen molar-refractivity contribution in [1.82, 2.24) is 0 Å². The van der Waals surface area contributed by atoms with E-state index in [1.54, 1.807) is 12.1 Å². The number of hydrogen-bond acceptors (Lipinski definition) is 2. The number of carbonyl (C=O) groups is 1. The molecule has 0 saturated carbocycles. The summed E-state index contributed by atoms with van der Waals surface area (Å²) in [5.74, 6) is -0.851. The molecule has 0 aliphatic rings. The molecular weight excluding hydrogens is 255 g/mol. The van der Waals surface area contributed by atoms with Crippen LogP contribution in [0.15, 0.2) is 36.4 Å². The summed E-state index contributed by atoms with van der Waals surface area (Å²) in [6.45, 7) is 1.36. The van der Waals surface area contributed by atoms with Crippen LogP contribution < -0.4 is 0 Å². The predicted octanol–water partition coefficient (Wildman–Crippen LogP) is 4.05. The number of benzene rings is 2. The lowest BCUT2D eigenvalue weighted by atomic mass is 10.0. The zero-order valence-corrected chi connectivity index (χ0v) is 10.3. The van der Waals surface area contributed by atoms with Crippen molar-refractivity contribution in [3.63, 3.8) is 0 Å². The summed E-state index contributed by atoms with van der Waals surface area (Å²) in [5, 5.41) is 9.58. The average Bonchev–Trinajstić information content (AvgIpc) is 2.33. The van der Waals surface area contributed by atoms with Crippen LogP contribution in [-0.4, -0.2) is 10.9 Å². The first kappa shape index (κ1) is 12.6. The summed E-state index contributed by atoms with van der Waals surface area (Å²) in [6, 6.07) is 8.95. The van der Waals surface area contributed by atoms with Gasteiger partial charge in [-0.1, -0.05) is 23.7 Å². The lowest BCUT2D eigenvalue weighted by Gasteiger charge is -2.06. The third kappa shape index (κ3) is 2.36. The minimum absolute atomic E-state index is 0.0457. The third-order valence-corrected chi connectivity index (χ3v) is 2.94. The fourth-order valence-corrected chi connectivity index (χ4v) is 1.79. The molecule has 0 bridgehead atoms. The van der Waals surface area contributed by atoms with Crippen molar-refractivity contribution < 1.29 is 14.3 Å². The second kappa shape index (κ2) is 4.78. The van der Waals surface area contributed by atoms with Crippen LogP contribution in [-0.2, 0) is 0 Å². The molecule has 2 nitrogen and oxygen atoms in total. The van der Waals surface area contributed by atoms with Crippen LogP contribution in [0.2, 0.25) is 5.02 Å². The fraction of sp³-hybridized carbons (Fsp3) is 0.0714. The van der Waals surface area contributed by atoms with Crippen LogP contribution in [0.3, 0.4) is 0 Å². The molecule has 0 radical (unpaired) electrons. The Bertz CT molecular complexity index is 623. The number of phenolic OH excluding ortho intramolecular Hbond substituents is 1. The maximum atomic E-state index is 13.4. The van der Waals surface area contributed by atoms with Crippen LogP contribution in [0.4, 0.5) is 4.39 Å². The molecule has 0 amide bonds. The number of hydrogen-bond donors (Lipinski definition) is 1.